The van der Waals surface area contributed by atoms with E-state index < -0.39 is 5.97 Å². The van der Waals surface area contributed by atoms with Gasteiger partial charge in [-0.3, -0.25) is 4.79 Å². The van der Waals surface area contributed by atoms with Gasteiger partial charge in [-0.2, -0.15) is 0 Å². The van der Waals surface area contributed by atoms with Crippen LogP contribution >= 0.6 is 0 Å². The normalized spacial score (nSPS) is 10.7. The van der Waals surface area contributed by atoms with Crippen molar-refractivity contribution in [1.82, 2.24) is 0 Å². The molecule has 5 nitrogen and oxygen atoms in total. The van der Waals surface area contributed by atoms with Crippen molar-refractivity contribution in [2.24, 2.45) is 0 Å². The van der Waals surface area contributed by atoms with E-state index in [0.29, 0.717) is 22.8 Å². The number of ether oxygens (including phenoxy) is 2. The number of carboxylic acids is 1. The van der Waals surface area contributed by atoms with Gasteiger partial charge in [0.05, 0.1) is 20.6 Å². The summed E-state index contributed by atoms with van der Waals surface area (Å²) >= 11 is 0. The van der Waals surface area contributed by atoms with Crippen LogP contribution in [0.1, 0.15) is 5.56 Å². The summed E-state index contributed by atoms with van der Waals surface area (Å²) in [5.74, 6) is 1.11. The minimum Gasteiger partial charge on any atom is -0.493 e. The van der Waals surface area contributed by atoms with Gasteiger partial charge >= 0.3 is 5.97 Å². The van der Waals surface area contributed by atoms with Gasteiger partial charge < -0.3 is 19.0 Å². The Kier molecular flexibility index (Phi) is 3.93. The number of carboxylic acid groups (broad SMARTS) is 1. The average Bonchev–Trinajstić information content (AvgIpc) is 2.96. The molecule has 5 heteroatoms. The highest BCUT2D eigenvalue weighted by Gasteiger charge is 2.11. The molecule has 0 radical (unpaired) electrons. The van der Waals surface area contributed by atoms with Crippen LogP contribution in [-0.4, -0.2) is 25.3 Å². The quantitative estimate of drug-likeness (QED) is 0.777. The van der Waals surface area contributed by atoms with E-state index in [1.807, 2.05) is 30.3 Å². The Morgan fingerprint density at radius 3 is 2.52 bits per heavy atom. The zero-order valence-electron chi connectivity index (χ0n) is 12.8. The lowest BCUT2D eigenvalue weighted by Gasteiger charge is -2.08. The van der Waals surface area contributed by atoms with E-state index in [0.717, 1.165) is 16.5 Å². The largest absolute Gasteiger partial charge is 0.493 e. The van der Waals surface area contributed by atoms with Crippen molar-refractivity contribution in [3.05, 3.63) is 48.0 Å². The third-order valence-corrected chi connectivity index (χ3v) is 3.60. The van der Waals surface area contributed by atoms with Crippen LogP contribution in [0.3, 0.4) is 0 Å². The number of hydrogen-bond acceptors (Lipinski definition) is 4. The molecule has 0 fully saturated rings. The van der Waals surface area contributed by atoms with E-state index in [2.05, 4.69) is 0 Å². The molecule has 0 amide bonds. The highest BCUT2D eigenvalue weighted by Crippen LogP contribution is 2.34. The molecule has 1 N–H and O–H groups in total. The molecule has 0 bridgehead atoms. The van der Waals surface area contributed by atoms with Gasteiger partial charge in [0.1, 0.15) is 11.3 Å². The van der Waals surface area contributed by atoms with Gasteiger partial charge in [0.15, 0.2) is 11.5 Å². The van der Waals surface area contributed by atoms with Crippen molar-refractivity contribution in [3.63, 3.8) is 0 Å². The van der Waals surface area contributed by atoms with E-state index in [-0.39, 0.29) is 6.42 Å². The third-order valence-electron chi connectivity index (χ3n) is 3.60. The van der Waals surface area contributed by atoms with Gasteiger partial charge in [0.2, 0.25) is 0 Å². The Morgan fingerprint density at radius 2 is 1.83 bits per heavy atom. The molecule has 0 atom stereocenters. The first-order chi connectivity index (χ1) is 11.1. The molecule has 0 unspecified atom stereocenters. The first-order valence-electron chi connectivity index (χ1n) is 7.07. The van der Waals surface area contributed by atoms with Crippen LogP contribution in [0.2, 0.25) is 0 Å². The fraction of sp³-hybridized carbons (Fsp3) is 0.167. The van der Waals surface area contributed by atoms with Crippen LogP contribution in [0.4, 0.5) is 0 Å². The summed E-state index contributed by atoms with van der Waals surface area (Å²) in [6.07, 6.45) is -0.00713. The van der Waals surface area contributed by atoms with Crippen molar-refractivity contribution >= 4 is 16.9 Å². The summed E-state index contributed by atoms with van der Waals surface area (Å²) in [4.78, 5) is 10.8. The topological polar surface area (TPSA) is 68.9 Å². The summed E-state index contributed by atoms with van der Waals surface area (Å²) in [7, 11) is 3.17. The summed E-state index contributed by atoms with van der Waals surface area (Å²) in [6.45, 7) is 0. The molecule has 3 aromatic rings. The fourth-order valence-electron chi connectivity index (χ4n) is 2.51. The van der Waals surface area contributed by atoms with Crippen LogP contribution in [0.5, 0.6) is 11.5 Å². The van der Waals surface area contributed by atoms with Crippen LogP contribution in [0, 0.1) is 0 Å². The second kappa shape index (κ2) is 6.04. The zero-order chi connectivity index (χ0) is 16.4. The monoisotopic (exact) mass is 312 g/mol. The Bertz CT molecular complexity index is 863. The lowest BCUT2D eigenvalue weighted by molar-refractivity contribution is -0.136. The molecule has 0 aliphatic heterocycles. The van der Waals surface area contributed by atoms with Gasteiger partial charge in [0, 0.05) is 10.9 Å². The molecule has 0 saturated carbocycles. The predicted molar refractivity (Wildman–Crippen MR) is 86.1 cm³/mol. The van der Waals surface area contributed by atoms with Crippen LogP contribution in [-0.2, 0) is 11.2 Å². The van der Waals surface area contributed by atoms with Gasteiger partial charge in [-0.1, -0.05) is 6.07 Å². The van der Waals surface area contributed by atoms with E-state index in [9.17, 15) is 4.79 Å². The van der Waals surface area contributed by atoms with Crippen LogP contribution in [0.25, 0.3) is 22.3 Å². The number of carbonyl (C=O) groups is 1. The van der Waals surface area contributed by atoms with Gasteiger partial charge in [0.25, 0.3) is 0 Å². The summed E-state index contributed by atoms with van der Waals surface area (Å²) in [6, 6.07) is 12.8. The van der Waals surface area contributed by atoms with Gasteiger partial charge in [-0.15, -0.1) is 0 Å². The third kappa shape index (κ3) is 2.99. The molecule has 0 spiro atoms. The second-order valence-electron chi connectivity index (χ2n) is 5.12. The summed E-state index contributed by atoms with van der Waals surface area (Å²) < 4.78 is 16.4. The van der Waals surface area contributed by atoms with Crippen molar-refractivity contribution in [1.29, 1.82) is 0 Å². The Labute approximate surface area is 133 Å². The average molecular weight is 312 g/mol. The van der Waals surface area contributed by atoms with Crippen LogP contribution < -0.4 is 9.47 Å². The second-order valence-corrected chi connectivity index (χ2v) is 5.12. The molecule has 23 heavy (non-hydrogen) atoms. The Morgan fingerprint density at radius 1 is 1.04 bits per heavy atom. The maximum Gasteiger partial charge on any atom is 0.307 e. The molecule has 1 heterocycles. The molecule has 0 aliphatic carbocycles. The number of furan rings is 1. The summed E-state index contributed by atoms with van der Waals surface area (Å²) in [5.41, 5.74) is 2.31. The first-order valence-corrected chi connectivity index (χ1v) is 7.07. The molecule has 0 aliphatic rings. The number of benzene rings is 2. The van der Waals surface area contributed by atoms with E-state index in [4.69, 9.17) is 19.0 Å². The van der Waals surface area contributed by atoms with Gasteiger partial charge in [-0.25, -0.2) is 0 Å². The van der Waals surface area contributed by atoms with E-state index in [1.165, 1.54) is 0 Å². The van der Waals surface area contributed by atoms with E-state index in [1.54, 1.807) is 26.4 Å². The Hall–Kier alpha value is -2.95. The fourth-order valence-corrected chi connectivity index (χ4v) is 2.51. The molecule has 1 aromatic heterocycles. The number of rotatable bonds is 5. The predicted octanol–water partition coefficient (Wildman–Crippen LogP) is 3.74. The zero-order valence-corrected chi connectivity index (χ0v) is 12.8. The molecular formula is C18H16O5. The number of fused-ring (bicyclic) bond motifs is 1. The number of hydrogen-bond donors (Lipinski definition) is 1. The smallest absolute Gasteiger partial charge is 0.307 e. The van der Waals surface area contributed by atoms with Crippen molar-refractivity contribution in [3.8, 4) is 22.8 Å². The number of methoxy groups -OCH3 is 2. The summed E-state index contributed by atoms with van der Waals surface area (Å²) in [5, 5.41) is 9.75. The lowest BCUT2D eigenvalue weighted by Crippen LogP contribution is -1.99. The first kappa shape index (κ1) is 15.0. The highest BCUT2D eigenvalue weighted by molar-refractivity contribution is 5.84. The lowest BCUT2D eigenvalue weighted by atomic mass is 10.1. The number of aliphatic carboxylic acids is 1. The standard InChI is InChI=1S/C18H16O5/c1-21-15-6-4-12(9-17(15)22-2)16-10-13-7-11(8-18(19)20)3-5-14(13)23-16/h3-7,9-10H,8H2,1-2H3,(H,19,20). The molecule has 2 aromatic carbocycles. The van der Waals surface area contributed by atoms with Crippen molar-refractivity contribution < 1.29 is 23.8 Å². The molecule has 0 saturated heterocycles. The minimum atomic E-state index is -0.854. The molecule has 118 valence electrons. The molecular weight excluding hydrogens is 296 g/mol. The minimum absolute atomic E-state index is 0.00713. The SMILES string of the molecule is COc1ccc(-c2cc3cc(CC(=O)O)ccc3o2)cc1OC. The van der Waals surface area contributed by atoms with E-state index >= 15 is 0 Å². The Balaban J connectivity index is 2.01. The van der Waals surface area contributed by atoms with Crippen molar-refractivity contribution in [2.75, 3.05) is 14.2 Å². The maximum absolute atomic E-state index is 10.8. The highest BCUT2D eigenvalue weighted by atomic mass is 16.5. The maximum atomic E-state index is 10.8. The van der Waals surface area contributed by atoms with Crippen molar-refractivity contribution in [2.45, 2.75) is 6.42 Å². The van der Waals surface area contributed by atoms with Crippen LogP contribution in [0.15, 0.2) is 46.9 Å². The van der Waals surface area contributed by atoms with Gasteiger partial charge in [-0.05, 0) is 42.0 Å². The molecule has 3 rings (SSSR count).